The first-order valence-electron chi connectivity index (χ1n) is 7.14. The second-order valence-electron chi connectivity index (χ2n) is 5.69. The van der Waals surface area contributed by atoms with E-state index in [1.165, 1.54) is 37.4 Å². The molecule has 0 saturated carbocycles. The van der Waals surface area contributed by atoms with Gasteiger partial charge in [0.05, 0.1) is 16.5 Å². The fraction of sp³-hybridized carbons (Fsp3) is 0.714. The van der Waals surface area contributed by atoms with E-state index in [4.69, 9.17) is 14.2 Å². The standard InChI is InChI=1S/C14H19NO7S/c1-7(16)20-6-14(4)12(15-10(18)5-11(15)23-14)13(19)22-9(3)21-8(2)17/h9,11-12H,5-6H2,1-4H3/t9?,11-,12+,14+/m1/s1. The SMILES string of the molecule is CC(=O)OC[C@]1(C)S[C@@H]2CC(=O)N2[C@H]1C(=O)OC(C)OC(C)=O. The van der Waals surface area contributed by atoms with Crippen LogP contribution in [0.2, 0.25) is 0 Å². The monoisotopic (exact) mass is 345 g/mol. The van der Waals surface area contributed by atoms with Crippen LogP contribution >= 0.6 is 11.8 Å². The maximum absolute atomic E-state index is 12.5. The minimum absolute atomic E-state index is 0.0189. The van der Waals surface area contributed by atoms with Crippen molar-refractivity contribution in [2.45, 2.75) is 56.6 Å². The van der Waals surface area contributed by atoms with Gasteiger partial charge in [0, 0.05) is 20.8 Å². The molecule has 0 N–H and O–H groups in total. The number of carbonyl (C=O) groups excluding carboxylic acids is 4. The second-order valence-corrected chi connectivity index (χ2v) is 7.40. The van der Waals surface area contributed by atoms with E-state index in [0.29, 0.717) is 6.42 Å². The van der Waals surface area contributed by atoms with Crippen LogP contribution in [-0.2, 0) is 33.4 Å². The highest BCUT2D eigenvalue weighted by Gasteiger charge is 2.61. The molecule has 1 unspecified atom stereocenters. The first-order chi connectivity index (χ1) is 10.6. The molecule has 0 aromatic rings. The minimum Gasteiger partial charge on any atom is -0.464 e. The van der Waals surface area contributed by atoms with E-state index in [1.54, 1.807) is 6.92 Å². The number of β-lactam (4-membered cyclic amide) rings is 1. The quantitative estimate of drug-likeness (QED) is 0.402. The molecule has 2 aliphatic rings. The Morgan fingerprint density at radius 2 is 1.96 bits per heavy atom. The number of rotatable bonds is 5. The van der Waals surface area contributed by atoms with E-state index in [0.717, 1.165) is 0 Å². The van der Waals surface area contributed by atoms with Crippen LogP contribution in [0.5, 0.6) is 0 Å². The largest absolute Gasteiger partial charge is 0.464 e. The minimum atomic E-state index is -1.06. The van der Waals surface area contributed by atoms with E-state index in [9.17, 15) is 19.2 Å². The van der Waals surface area contributed by atoms with Crippen LogP contribution in [0.1, 0.15) is 34.1 Å². The molecular weight excluding hydrogens is 326 g/mol. The highest BCUT2D eigenvalue weighted by Crippen LogP contribution is 2.51. The van der Waals surface area contributed by atoms with Crippen molar-refractivity contribution in [1.82, 2.24) is 4.90 Å². The van der Waals surface area contributed by atoms with E-state index in [-0.39, 0.29) is 17.9 Å². The Balaban J connectivity index is 2.13. The number of esters is 3. The van der Waals surface area contributed by atoms with Crippen LogP contribution < -0.4 is 0 Å². The smallest absolute Gasteiger partial charge is 0.333 e. The number of hydrogen-bond acceptors (Lipinski definition) is 8. The van der Waals surface area contributed by atoms with Crippen molar-refractivity contribution in [2.75, 3.05) is 6.61 Å². The van der Waals surface area contributed by atoms with Gasteiger partial charge in [-0.3, -0.25) is 14.4 Å². The van der Waals surface area contributed by atoms with Crippen molar-refractivity contribution in [3.63, 3.8) is 0 Å². The molecule has 4 atom stereocenters. The van der Waals surface area contributed by atoms with Crippen molar-refractivity contribution in [1.29, 1.82) is 0 Å². The van der Waals surface area contributed by atoms with Crippen LogP contribution in [-0.4, -0.2) is 57.8 Å². The molecule has 0 aromatic heterocycles. The Hall–Kier alpha value is -1.77. The number of fused-ring (bicyclic) bond motifs is 1. The third kappa shape index (κ3) is 3.60. The molecule has 23 heavy (non-hydrogen) atoms. The Bertz CT molecular complexity index is 551. The van der Waals surface area contributed by atoms with E-state index in [2.05, 4.69) is 0 Å². The van der Waals surface area contributed by atoms with E-state index >= 15 is 0 Å². The van der Waals surface area contributed by atoms with Gasteiger partial charge in [-0.2, -0.15) is 0 Å². The summed E-state index contributed by atoms with van der Waals surface area (Å²) in [7, 11) is 0. The van der Waals surface area contributed by atoms with Gasteiger partial charge in [-0.15, -0.1) is 11.8 Å². The molecule has 0 bridgehead atoms. The summed E-state index contributed by atoms with van der Waals surface area (Å²) >= 11 is 1.41. The van der Waals surface area contributed by atoms with Gasteiger partial charge in [-0.1, -0.05) is 0 Å². The van der Waals surface area contributed by atoms with Crippen LogP contribution in [0.3, 0.4) is 0 Å². The summed E-state index contributed by atoms with van der Waals surface area (Å²) in [5.41, 5.74) is 0. The van der Waals surface area contributed by atoms with Crippen molar-refractivity contribution in [2.24, 2.45) is 0 Å². The zero-order valence-electron chi connectivity index (χ0n) is 13.4. The molecule has 0 aliphatic carbocycles. The zero-order chi connectivity index (χ0) is 17.4. The van der Waals surface area contributed by atoms with Crippen LogP contribution in [0.15, 0.2) is 0 Å². The summed E-state index contributed by atoms with van der Waals surface area (Å²) in [5.74, 6) is -1.88. The highest BCUT2D eigenvalue weighted by atomic mass is 32.2. The normalized spacial score (nSPS) is 30.1. The molecule has 0 spiro atoms. The van der Waals surface area contributed by atoms with Crippen LogP contribution in [0.25, 0.3) is 0 Å². The molecule has 9 heteroatoms. The molecule has 2 rings (SSSR count). The summed E-state index contributed by atoms with van der Waals surface area (Å²) in [4.78, 5) is 47.7. The fourth-order valence-corrected chi connectivity index (χ4v) is 4.35. The molecule has 1 amide bonds. The topological polar surface area (TPSA) is 99.2 Å². The number of amides is 1. The van der Waals surface area contributed by atoms with Crippen LogP contribution in [0, 0.1) is 0 Å². The van der Waals surface area contributed by atoms with Gasteiger partial charge < -0.3 is 19.1 Å². The van der Waals surface area contributed by atoms with E-state index < -0.39 is 35.0 Å². The Morgan fingerprint density at radius 1 is 1.30 bits per heavy atom. The van der Waals surface area contributed by atoms with Gasteiger partial charge in [-0.25, -0.2) is 4.79 Å². The van der Waals surface area contributed by atoms with Crippen molar-refractivity contribution in [3.8, 4) is 0 Å². The summed E-state index contributed by atoms with van der Waals surface area (Å²) in [5, 5.41) is -0.135. The van der Waals surface area contributed by atoms with Crippen molar-refractivity contribution in [3.05, 3.63) is 0 Å². The Morgan fingerprint density at radius 3 is 2.48 bits per heavy atom. The lowest BCUT2D eigenvalue weighted by Gasteiger charge is -2.37. The third-order valence-electron chi connectivity index (χ3n) is 3.61. The lowest BCUT2D eigenvalue weighted by molar-refractivity contribution is -0.190. The van der Waals surface area contributed by atoms with Crippen LogP contribution in [0.4, 0.5) is 0 Å². The predicted octanol–water partition coefficient (Wildman–Crippen LogP) is 0.434. The first-order valence-corrected chi connectivity index (χ1v) is 8.02. The average molecular weight is 345 g/mol. The maximum Gasteiger partial charge on any atom is 0.333 e. The van der Waals surface area contributed by atoms with E-state index in [1.807, 2.05) is 0 Å². The molecule has 2 saturated heterocycles. The van der Waals surface area contributed by atoms with Gasteiger partial charge >= 0.3 is 17.9 Å². The first kappa shape index (κ1) is 17.6. The molecule has 0 radical (unpaired) electrons. The third-order valence-corrected chi connectivity index (χ3v) is 5.15. The van der Waals surface area contributed by atoms with Crippen molar-refractivity contribution >= 4 is 35.6 Å². The Kier molecular flexibility index (Phi) is 4.88. The van der Waals surface area contributed by atoms with Gasteiger partial charge in [0.25, 0.3) is 0 Å². The lowest BCUT2D eigenvalue weighted by atomic mass is 9.97. The molecular formula is C14H19NO7S. The number of thioether (sulfide) groups is 1. The zero-order valence-corrected chi connectivity index (χ0v) is 14.2. The summed E-state index contributed by atoms with van der Waals surface area (Å²) in [6.45, 7) is 5.62. The van der Waals surface area contributed by atoms with Crippen molar-refractivity contribution < 1.29 is 33.4 Å². The number of carbonyl (C=O) groups is 4. The summed E-state index contributed by atoms with van der Waals surface area (Å²) in [6, 6.07) is -0.892. The summed E-state index contributed by atoms with van der Waals surface area (Å²) < 4.78 is 14.1. The predicted molar refractivity (Wildman–Crippen MR) is 79.0 cm³/mol. The van der Waals surface area contributed by atoms with Gasteiger partial charge in [0.15, 0.2) is 0 Å². The molecule has 2 heterocycles. The maximum atomic E-state index is 12.5. The van der Waals surface area contributed by atoms with Gasteiger partial charge in [0.2, 0.25) is 12.2 Å². The van der Waals surface area contributed by atoms with Gasteiger partial charge in [-0.05, 0) is 6.92 Å². The summed E-state index contributed by atoms with van der Waals surface area (Å²) in [6.07, 6.45) is -0.720. The molecule has 2 fully saturated rings. The number of ether oxygens (including phenoxy) is 3. The Labute approximate surface area is 137 Å². The molecule has 2 aliphatic heterocycles. The highest BCUT2D eigenvalue weighted by molar-refractivity contribution is 8.01. The molecule has 128 valence electrons. The number of hydrogen-bond donors (Lipinski definition) is 0. The lowest BCUT2D eigenvalue weighted by Crippen LogP contribution is -2.59. The fourth-order valence-electron chi connectivity index (χ4n) is 2.69. The average Bonchev–Trinajstić information content (AvgIpc) is 2.64. The number of nitrogens with zero attached hydrogens (tertiary/aromatic N) is 1. The molecule has 0 aromatic carbocycles. The second kappa shape index (κ2) is 6.38. The molecule has 8 nitrogen and oxygen atoms in total. The van der Waals surface area contributed by atoms with Gasteiger partial charge in [0.1, 0.15) is 12.6 Å².